The number of rotatable bonds is 3. The fourth-order valence-electron chi connectivity index (χ4n) is 1.84. The Morgan fingerprint density at radius 2 is 2.41 bits per heavy atom. The van der Waals surface area contributed by atoms with Crippen molar-refractivity contribution in [3.05, 3.63) is 28.2 Å². The summed E-state index contributed by atoms with van der Waals surface area (Å²) < 4.78 is 6.69. The second-order valence-electron chi connectivity index (χ2n) is 3.95. The minimum atomic E-state index is -0.103. The zero-order valence-electron chi connectivity index (χ0n) is 9.77. The molecule has 92 valence electrons. The van der Waals surface area contributed by atoms with Gasteiger partial charge in [-0.25, -0.2) is 5.06 Å². The van der Waals surface area contributed by atoms with E-state index in [9.17, 15) is 4.79 Å². The Hall–Kier alpha value is -1.07. The topological polar surface area (TPSA) is 38.8 Å². The van der Waals surface area contributed by atoms with Crippen LogP contribution in [0.3, 0.4) is 0 Å². The molecule has 0 radical (unpaired) electrons. The van der Waals surface area contributed by atoms with Crippen molar-refractivity contribution in [3.63, 3.8) is 0 Å². The SMILES string of the molecule is CON(C)C(=O)C[C@H]1Cc2cccc(Br)c2O1. The molecule has 0 spiro atoms. The third-order valence-corrected chi connectivity index (χ3v) is 3.43. The monoisotopic (exact) mass is 299 g/mol. The second kappa shape index (κ2) is 5.06. The Morgan fingerprint density at radius 1 is 1.65 bits per heavy atom. The third kappa shape index (κ3) is 2.61. The average Bonchev–Trinajstić information content (AvgIpc) is 2.72. The average molecular weight is 300 g/mol. The highest BCUT2D eigenvalue weighted by molar-refractivity contribution is 9.10. The molecule has 0 N–H and O–H groups in total. The second-order valence-corrected chi connectivity index (χ2v) is 4.80. The Morgan fingerprint density at radius 3 is 3.06 bits per heavy atom. The highest BCUT2D eigenvalue weighted by atomic mass is 79.9. The van der Waals surface area contributed by atoms with Crippen LogP contribution < -0.4 is 4.74 Å². The number of hydrogen-bond donors (Lipinski definition) is 0. The van der Waals surface area contributed by atoms with E-state index in [0.717, 1.165) is 22.2 Å². The first-order chi connectivity index (χ1) is 8.11. The molecule has 1 amide bonds. The van der Waals surface area contributed by atoms with Crippen LogP contribution in [0.2, 0.25) is 0 Å². The van der Waals surface area contributed by atoms with Crippen LogP contribution in [0, 0.1) is 0 Å². The molecule has 4 nitrogen and oxygen atoms in total. The van der Waals surface area contributed by atoms with Crippen LogP contribution in [0.25, 0.3) is 0 Å². The molecular formula is C12H14BrNO3. The molecule has 1 aromatic rings. The Labute approximate surface area is 109 Å². The third-order valence-electron chi connectivity index (χ3n) is 2.81. The maximum absolute atomic E-state index is 11.7. The van der Waals surface area contributed by atoms with Crippen LogP contribution in [-0.2, 0) is 16.1 Å². The maximum atomic E-state index is 11.7. The summed E-state index contributed by atoms with van der Waals surface area (Å²) in [6.45, 7) is 0. The van der Waals surface area contributed by atoms with Gasteiger partial charge in [-0.3, -0.25) is 9.63 Å². The van der Waals surface area contributed by atoms with Crippen LogP contribution in [0.4, 0.5) is 0 Å². The van der Waals surface area contributed by atoms with E-state index in [1.807, 2.05) is 18.2 Å². The first-order valence-corrected chi connectivity index (χ1v) is 6.16. The van der Waals surface area contributed by atoms with Crippen molar-refractivity contribution in [2.24, 2.45) is 0 Å². The number of para-hydroxylation sites is 1. The molecule has 1 aliphatic rings. The Kier molecular flexibility index (Phi) is 3.69. The number of carbonyl (C=O) groups is 1. The standard InChI is InChI=1S/C12H14BrNO3/c1-14(16-2)11(15)7-9-6-8-4-3-5-10(13)12(8)17-9/h3-5,9H,6-7H2,1-2H3/t9-/m1/s1. The van der Waals surface area contributed by atoms with Crippen molar-refractivity contribution < 1.29 is 14.4 Å². The maximum Gasteiger partial charge on any atom is 0.249 e. The number of hydrogen-bond acceptors (Lipinski definition) is 3. The number of hydroxylamine groups is 2. The van der Waals surface area contributed by atoms with Crippen molar-refractivity contribution in [1.82, 2.24) is 5.06 Å². The van der Waals surface area contributed by atoms with E-state index in [0.29, 0.717) is 6.42 Å². The number of halogens is 1. The van der Waals surface area contributed by atoms with Crippen LogP contribution in [0.15, 0.2) is 22.7 Å². The van der Waals surface area contributed by atoms with Crippen molar-refractivity contribution in [2.45, 2.75) is 18.9 Å². The Balaban J connectivity index is 2.01. The predicted octanol–water partition coefficient (Wildman–Crippen LogP) is 2.16. The van der Waals surface area contributed by atoms with Gasteiger partial charge in [0.25, 0.3) is 0 Å². The number of nitrogens with zero attached hydrogens (tertiary/aromatic N) is 1. The predicted molar refractivity (Wildman–Crippen MR) is 66.7 cm³/mol. The molecule has 1 heterocycles. The van der Waals surface area contributed by atoms with E-state index < -0.39 is 0 Å². The van der Waals surface area contributed by atoms with Crippen LogP contribution in [0.1, 0.15) is 12.0 Å². The van der Waals surface area contributed by atoms with E-state index in [4.69, 9.17) is 9.57 Å². The van der Waals surface area contributed by atoms with Gasteiger partial charge in [0.2, 0.25) is 5.91 Å². The number of benzene rings is 1. The summed E-state index contributed by atoms with van der Waals surface area (Å²) in [5.74, 6) is 0.770. The molecular weight excluding hydrogens is 286 g/mol. The normalized spacial score (nSPS) is 17.5. The number of fused-ring (bicyclic) bond motifs is 1. The minimum Gasteiger partial charge on any atom is -0.488 e. The molecule has 1 aliphatic heterocycles. The molecule has 1 aromatic carbocycles. The lowest BCUT2D eigenvalue weighted by molar-refractivity contribution is -0.170. The van der Waals surface area contributed by atoms with Gasteiger partial charge in [-0.1, -0.05) is 12.1 Å². The highest BCUT2D eigenvalue weighted by Gasteiger charge is 2.27. The van der Waals surface area contributed by atoms with Gasteiger partial charge < -0.3 is 4.74 Å². The lowest BCUT2D eigenvalue weighted by Gasteiger charge is -2.16. The number of carbonyl (C=O) groups excluding carboxylic acids is 1. The van der Waals surface area contributed by atoms with Crippen LogP contribution in [0.5, 0.6) is 5.75 Å². The smallest absolute Gasteiger partial charge is 0.249 e. The molecule has 2 rings (SSSR count). The van der Waals surface area contributed by atoms with Gasteiger partial charge in [0.1, 0.15) is 11.9 Å². The van der Waals surface area contributed by atoms with E-state index in [2.05, 4.69) is 15.9 Å². The fraction of sp³-hybridized carbons (Fsp3) is 0.417. The van der Waals surface area contributed by atoms with E-state index in [1.54, 1.807) is 7.05 Å². The molecule has 0 saturated heterocycles. The molecule has 1 atom stereocenters. The Bertz CT molecular complexity index is 436. The largest absolute Gasteiger partial charge is 0.488 e. The molecule has 0 aromatic heterocycles. The lowest BCUT2D eigenvalue weighted by atomic mass is 10.1. The van der Waals surface area contributed by atoms with Gasteiger partial charge in [0.15, 0.2) is 0 Å². The minimum absolute atomic E-state index is 0.0820. The summed E-state index contributed by atoms with van der Waals surface area (Å²) in [6, 6.07) is 5.92. The summed E-state index contributed by atoms with van der Waals surface area (Å²) in [5, 5.41) is 1.22. The first-order valence-electron chi connectivity index (χ1n) is 5.36. The highest BCUT2D eigenvalue weighted by Crippen LogP contribution is 2.36. The van der Waals surface area contributed by atoms with Crippen molar-refractivity contribution in [2.75, 3.05) is 14.2 Å². The number of ether oxygens (including phenoxy) is 1. The van der Waals surface area contributed by atoms with Crippen molar-refractivity contribution in [1.29, 1.82) is 0 Å². The van der Waals surface area contributed by atoms with E-state index >= 15 is 0 Å². The molecule has 17 heavy (non-hydrogen) atoms. The van der Waals surface area contributed by atoms with Crippen LogP contribution >= 0.6 is 15.9 Å². The zero-order valence-corrected chi connectivity index (χ0v) is 11.4. The summed E-state index contributed by atoms with van der Waals surface area (Å²) in [5.41, 5.74) is 1.14. The molecule has 0 fully saturated rings. The summed E-state index contributed by atoms with van der Waals surface area (Å²) in [6.07, 6.45) is 0.984. The van der Waals surface area contributed by atoms with Crippen molar-refractivity contribution >= 4 is 21.8 Å². The van der Waals surface area contributed by atoms with Gasteiger partial charge in [0, 0.05) is 13.5 Å². The molecule has 0 saturated carbocycles. The van der Waals surface area contributed by atoms with Gasteiger partial charge >= 0.3 is 0 Å². The quantitative estimate of drug-likeness (QED) is 0.803. The lowest BCUT2D eigenvalue weighted by Crippen LogP contribution is -2.30. The van der Waals surface area contributed by atoms with Crippen molar-refractivity contribution in [3.8, 4) is 5.75 Å². The van der Waals surface area contributed by atoms with Gasteiger partial charge in [0.05, 0.1) is 18.0 Å². The molecule has 0 aliphatic carbocycles. The van der Waals surface area contributed by atoms with E-state index in [1.165, 1.54) is 12.2 Å². The van der Waals surface area contributed by atoms with Gasteiger partial charge in [-0.05, 0) is 27.6 Å². The summed E-state index contributed by atoms with van der Waals surface area (Å²) >= 11 is 3.44. The zero-order chi connectivity index (χ0) is 12.4. The van der Waals surface area contributed by atoms with Crippen LogP contribution in [-0.4, -0.2) is 31.2 Å². The summed E-state index contributed by atoms with van der Waals surface area (Å²) in [4.78, 5) is 16.5. The summed E-state index contributed by atoms with van der Waals surface area (Å²) in [7, 11) is 3.07. The van der Waals surface area contributed by atoms with Gasteiger partial charge in [-0.2, -0.15) is 0 Å². The molecule has 0 unspecified atom stereocenters. The molecule has 5 heteroatoms. The van der Waals surface area contributed by atoms with E-state index in [-0.39, 0.29) is 12.0 Å². The fourth-order valence-corrected chi connectivity index (χ4v) is 2.34. The number of amides is 1. The van der Waals surface area contributed by atoms with Gasteiger partial charge in [-0.15, -0.1) is 0 Å². The molecule has 0 bridgehead atoms. The first kappa shape index (κ1) is 12.4.